The number of anilines is 1. The molecule has 1 fully saturated rings. The Morgan fingerprint density at radius 1 is 1.17 bits per heavy atom. The molecule has 0 radical (unpaired) electrons. The first-order chi connectivity index (χ1) is 18.2. The van der Waals surface area contributed by atoms with Crippen molar-refractivity contribution in [1.29, 1.82) is 0 Å². The normalized spacial score (nSPS) is 25.3. The summed E-state index contributed by atoms with van der Waals surface area (Å²) in [6, 6.07) is 0.710. The van der Waals surface area contributed by atoms with Crippen molar-refractivity contribution >= 4 is 28.9 Å². The third kappa shape index (κ3) is 5.11. The minimum absolute atomic E-state index is 0. The molecule has 1 aromatic carbocycles. The van der Waals surface area contributed by atoms with Gasteiger partial charge in [-0.3, -0.25) is 14.4 Å². The monoisotopic (exact) mass is 574 g/mol. The number of Topliss-reactive ketones (excluding diaryl/α,β-unsaturated/α-hetero) is 2. The molecule has 0 spiro atoms. The Labute approximate surface area is 242 Å². The Balaban J connectivity index is 0.00000294. The summed E-state index contributed by atoms with van der Waals surface area (Å²) in [7, 11) is 7.07. The Kier molecular flexibility index (Phi) is 9.75. The third-order valence-corrected chi connectivity index (χ3v) is 8.16. The number of nitrogens with zero attached hydrogens (tertiary/aromatic N) is 2. The van der Waals surface area contributed by atoms with Crippen molar-refractivity contribution in [3.63, 3.8) is 0 Å². The molecule has 7 N–H and O–H groups in total. The highest BCUT2D eigenvalue weighted by molar-refractivity contribution is 6.24. The second kappa shape index (κ2) is 11.8. The lowest BCUT2D eigenvalue weighted by Crippen LogP contribution is -2.65. The molecule has 0 aromatic heterocycles. The Bertz CT molecular complexity index is 1320. The van der Waals surface area contributed by atoms with Crippen molar-refractivity contribution in [1.82, 2.24) is 10.2 Å². The maximum atomic E-state index is 13.9. The average Bonchev–Trinajstić information content (AvgIpc) is 2.82. The predicted molar refractivity (Wildman–Crippen MR) is 159 cm³/mol. The van der Waals surface area contributed by atoms with Crippen LogP contribution in [0.3, 0.4) is 0 Å². The molecule has 0 aliphatic heterocycles. The fraction of sp³-hybridized carbons (Fsp3) is 0.567. The topological polar surface area (TPSA) is 177 Å². The molecule has 1 saturated carbocycles. The molecule has 3 aliphatic rings. The Morgan fingerprint density at radius 3 is 2.29 bits per heavy atom. The van der Waals surface area contributed by atoms with E-state index in [-0.39, 0.29) is 44.6 Å². The number of nitrogens with two attached hydrogens (primary N) is 1. The number of aliphatic hydroxyl groups is 3. The van der Waals surface area contributed by atoms with Crippen molar-refractivity contribution in [2.24, 2.45) is 23.5 Å². The number of amides is 1. The van der Waals surface area contributed by atoms with Gasteiger partial charge in [-0.2, -0.15) is 0 Å². The summed E-state index contributed by atoms with van der Waals surface area (Å²) in [5, 5.41) is 48.2. The van der Waals surface area contributed by atoms with E-state index in [2.05, 4.69) is 19.2 Å². The Morgan fingerprint density at radius 2 is 1.78 bits per heavy atom. The van der Waals surface area contributed by atoms with Gasteiger partial charge >= 0.3 is 0 Å². The number of carbonyl (C=O) groups is 3. The molecule has 4 atom stereocenters. The smallest absolute Gasteiger partial charge is 0.255 e. The molecule has 1 amide bonds. The number of likely N-dealkylation sites (N-methyl/N-ethyl adjacent to an activating group) is 1. The van der Waals surface area contributed by atoms with Gasteiger partial charge in [0.05, 0.1) is 11.6 Å². The van der Waals surface area contributed by atoms with Gasteiger partial charge in [0.2, 0.25) is 5.78 Å². The lowest BCUT2D eigenvalue weighted by Gasteiger charge is -2.49. The second-order valence-electron chi connectivity index (χ2n) is 11.6. The highest BCUT2D eigenvalue weighted by Gasteiger charge is 2.63. The molecule has 0 heterocycles. The van der Waals surface area contributed by atoms with Crippen molar-refractivity contribution < 1.29 is 34.8 Å². The zero-order valence-electron chi connectivity index (χ0n) is 23.2. The van der Waals surface area contributed by atoms with E-state index in [0.717, 1.165) is 12.2 Å². The summed E-state index contributed by atoms with van der Waals surface area (Å²) in [6.07, 6.45) is 0.287. The summed E-state index contributed by atoms with van der Waals surface area (Å²) < 4.78 is 0. The summed E-state index contributed by atoms with van der Waals surface area (Å²) >= 11 is 0. The van der Waals surface area contributed by atoms with E-state index in [4.69, 9.17) is 5.73 Å². The third-order valence-electron chi connectivity index (χ3n) is 8.16. The van der Waals surface area contributed by atoms with Gasteiger partial charge in [0.25, 0.3) is 5.91 Å². The predicted octanol–water partition coefficient (Wildman–Crippen LogP) is 2.05. The standard InChI is InChI=1S/C28H38N4O7.2CH4/c1-12(2)10-32(6)11-14-9-17(31(4)5)15-7-13-8-16-21(30-3)24(35)20(27(29)38)26(37)28(16,39)25(36)18(13)23(34)19(15)22(14)33;;/h9,12-13,16,21,30,33-34,37,39H,7-8,10-11H2,1-6H3,(H2,29,38);2*1H4/t13-,16-,21-,28-;;/m0../s1. The number of fused-ring (bicyclic) bond motifs is 3. The van der Waals surface area contributed by atoms with Crippen LogP contribution in [0.2, 0.25) is 0 Å². The van der Waals surface area contributed by atoms with Gasteiger partial charge in [-0.15, -0.1) is 0 Å². The van der Waals surface area contributed by atoms with Crippen LogP contribution in [0.4, 0.5) is 5.69 Å². The summed E-state index contributed by atoms with van der Waals surface area (Å²) in [5.74, 6) is -6.20. The lowest BCUT2D eigenvalue weighted by molar-refractivity contribution is -0.150. The van der Waals surface area contributed by atoms with E-state index >= 15 is 0 Å². The maximum Gasteiger partial charge on any atom is 0.255 e. The fourth-order valence-corrected chi connectivity index (χ4v) is 6.61. The molecule has 228 valence electrons. The minimum Gasteiger partial charge on any atom is -0.508 e. The van der Waals surface area contributed by atoms with Gasteiger partial charge in [-0.25, -0.2) is 0 Å². The van der Waals surface area contributed by atoms with Crippen molar-refractivity contribution in [2.45, 2.75) is 59.7 Å². The van der Waals surface area contributed by atoms with Gasteiger partial charge in [0.1, 0.15) is 22.8 Å². The SMILES string of the molecule is C.C.CN[C@@H]1C(=O)C(C(N)=O)=C(O)[C@@]2(O)C(=O)C3=C(O)c4c(O)c(CN(C)CC(C)C)cc(N(C)C)c4C[C@H]3C[C@@H]12. The van der Waals surface area contributed by atoms with Crippen LogP contribution in [-0.2, 0) is 27.3 Å². The molecule has 0 saturated heterocycles. The number of carbonyl (C=O) groups excluding carboxylic acids is 3. The number of aromatic hydroxyl groups is 1. The molecule has 0 bridgehead atoms. The highest BCUT2D eigenvalue weighted by Crippen LogP contribution is 2.53. The molecule has 41 heavy (non-hydrogen) atoms. The number of aliphatic hydroxyl groups excluding tert-OH is 2. The van der Waals surface area contributed by atoms with Crippen molar-refractivity contribution in [2.75, 3.05) is 39.6 Å². The van der Waals surface area contributed by atoms with Crippen LogP contribution in [-0.4, -0.2) is 89.2 Å². The Hall–Kier alpha value is -3.41. The van der Waals surface area contributed by atoms with Crippen LogP contribution in [0.1, 0.15) is 51.8 Å². The number of benzene rings is 1. The zero-order valence-corrected chi connectivity index (χ0v) is 23.2. The average molecular weight is 575 g/mol. The molecule has 1 aromatic rings. The molecule has 0 unspecified atom stereocenters. The summed E-state index contributed by atoms with van der Waals surface area (Å²) in [4.78, 5) is 42.9. The van der Waals surface area contributed by atoms with Crippen molar-refractivity contribution in [3.8, 4) is 5.75 Å². The summed E-state index contributed by atoms with van der Waals surface area (Å²) in [5.41, 5.74) is 3.74. The molecule has 3 aliphatic carbocycles. The van der Waals surface area contributed by atoms with E-state index in [1.165, 1.54) is 7.05 Å². The van der Waals surface area contributed by atoms with Crippen LogP contribution in [0, 0.1) is 17.8 Å². The van der Waals surface area contributed by atoms with Crippen LogP contribution >= 0.6 is 0 Å². The largest absolute Gasteiger partial charge is 0.508 e. The molecular formula is C30H46N4O7. The second-order valence-corrected chi connectivity index (χ2v) is 11.6. The first-order valence-corrected chi connectivity index (χ1v) is 13.1. The first kappa shape index (κ1) is 33.8. The van der Waals surface area contributed by atoms with E-state index in [0.29, 0.717) is 23.6 Å². The van der Waals surface area contributed by atoms with Gasteiger partial charge in [-0.05, 0) is 50.4 Å². The molecule has 11 heteroatoms. The van der Waals surface area contributed by atoms with Crippen LogP contribution in [0.15, 0.2) is 23.0 Å². The highest BCUT2D eigenvalue weighted by atomic mass is 16.3. The van der Waals surface area contributed by atoms with Gasteiger partial charge < -0.3 is 41.3 Å². The van der Waals surface area contributed by atoms with E-state index < -0.39 is 58.0 Å². The molecular weight excluding hydrogens is 528 g/mol. The fourth-order valence-electron chi connectivity index (χ4n) is 6.61. The minimum atomic E-state index is -2.65. The number of primary amides is 1. The maximum absolute atomic E-state index is 13.9. The lowest BCUT2D eigenvalue weighted by atomic mass is 9.57. The van der Waals surface area contributed by atoms with E-state index in [1.54, 1.807) is 0 Å². The first-order valence-electron chi connectivity index (χ1n) is 13.1. The number of phenols is 1. The number of nitrogens with one attached hydrogen (secondary N) is 1. The van der Waals surface area contributed by atoms with Gasteiger partial charge in [-0.1, -0.05) is 28.7 Å². The molecule has 11 nitrogen and oxygen atoms in total. The number of hydrogen-bond donors (Lipinski definition) is 6. The summed E-state index contributed by atoms with van der Waals surface area (Å²) in [6.45, 7) is 5.33. The number of hydrogen-bond acceptors (Lipinski definition) is 10. The van der Waals surface area contributed by atoms with E-state index in [9.17, 15) is 34.8 Å². The van der Waals surface area contributed by atoms with Gasteiger partial charge in [0.15, 0.2) is 11.4 Å². The van der Waals surface area contributed by atoms with E-state index in [1.807, 2.05) is 37.0 Å². The quantitative estimate of drug-likeness (QED) is 0.264. The van der Waals surface area contributed by atoms with Crippen molar-refractivity contribution in [3.05, 3.63) is 39.7 Å². The van der Waals surface area contributed by atoms with Crippen LogP contribution in [0.5, 0.6) is 5.75 Å². The van der Waals surface area contributed by atoms with Crippen LogP contribution in [0.25, 0.3) is 5.76 Å². The van der Waals surface area contributed by atoms with Gasteiger partial charge in [0, 0.05) is 49.9 Å². The number of rotatable bonds is 7. The zero-order chi connectivity index (χ0) is 29.1. The molecule has 4 rings (SSSR count). The van der Waals surface area contributed by atoms with Crippen LogP contribution < -0.4 is 16.0 Å². The number of ketones is 2. The number of phenolic OH excluding ortho intramolecular Hbond substituents is 1.